The van der Waals surface area contributed by atoms with Crippen LogP contribution in [0.2, 0.25) is 0 Å². The average Bonchev–Trinajstić information content (AvgIpc) is 3.74. The largest absolute Gasteiger partial charge is 0.391 e. The smallest absolute Gasteiger partial charge is 0.319 e. The van der Waals surface area contributed by atoms with E-state index in [0.717, 1.165) is 55.6 Å². The van der Waals surface area contributed by atoms with Crippen LogP contribution in [0.15, 0.2) is 42.9 Å². The quantitative estimate of drug-likeness (QED) is 0.152. The van der Waals surface area contributed by atoms with E-state index >= 15 is 0 Å². The molecule has 1 aromatic heterocycles. The summed E-state index contributed by atoms with van der Waals surface area (Å²) in [6.07, 6.45) is 11.8. The van der Waals surface area contributed by atoms with E-state index in [0.29, 0.717) is 50.0 Å². The molecule has 15 heteroatoms. The number of nitrogens with one attached hydrogen (secondary N) is 3. The fourth-order valence-electron chi connectivity index (χ4n) is 7.71. The molecule has 4 rings (SSSR count). The lowest BCUT2D eigenvalue weighted by Gasteiger charge is -2.35. The lowest BCUT2D eigenvalue weighted by atomic mass is 9.82. The first-order chi connectivity index (χ1) is 26.5. The minimum atomic E-state index is -0.983. The maximum atomic E-state index is 14.5. The van der Waals surface area contributed by atoms with E-state index in [-0.39, 0.29) is 43.7 Å². The molecule has 1 saturated heterocycles. The molecule has 0 unspecified atom stereocenters. The molecule has 56 heavy (non-hydrogen) atoms. The van der Waals surface area contributed by atoms with Crippen LogP contribution in [0.1, 0.15) is 82.9 Å². The standard InChI is InChI=1S/C41H66N8O5S.ClH/c1-6-30(7-2)26-37(50)34(24-31-14-10-8-11-15-31)44-38(51)36(27-33-28-42-29-43-33)48(5)39(52)35(25-32-16-12-9-13-17-32)45-40(53)46(3)18-19-47(4)41(54)49-20-22-55-23-21-49;/h9,12-13,16-17,28-31,34-37,50H,6-8,10-11,14-15,18-27H2,1-5H3,(H,42,43)(H,44,51)(H,45,53);1H/t34-,35-,36-,37-;/m0./s1. The van der Waals surface area contributed by atoms with Gasteiger partial charge in [0.25, 0.3) is 0 Å². The van der Waals surface area contributed by atoms with E-state index in [1.54, 1.807) is 38.6 Å². The molecule has 0 bridgehead atoms. The van der Waals surface area contributed by atoms with Crippen LogP contribution in [0.5, 0.6) is 0 Å². The van der Waals surface area contributed by atoms with Crippen molar-refractivity contribution in [3.63, 3.8) is 0 Å². The minimum Gasteiger partial charge on any atom is -0.391 e. The number of aromatic amines is 1. The third-order valence-electron chi connectivity index (χ3n) is 11.5. The summed E-state index contributed by atoms with van der Waals surface area (Å²) in [5.74, 6) is 1.84. The number of halogens is 1. The van der Waals surface area contributed by atoms with Gasteiger partial charge in [-0.2, -0.15) is 11.8 Å². The number of rotatable bonds is 19. The molecule has 0 spiro atoms. The molecule has 4 N–H and O–H groups in total. The first kappa shape index (κ1) is 46.9. The summed E-state index contributed by atoms with van der Waals surface area (Å²) in [5, 5.41) is 17.8. The number of aromatic nitrogens is 2. The number of carbonyl (C=O) groups is 4. The van der Waals surface area contributed by atoms with Gasteiger partial charge in [0.05, 0.1) is 18.5 Å². The van der Waals surface area contributed by atoms with Gasteiger partial charge in [0.2, 0.25) is 11.8 Å². The van der Waals surface area contributed by atoms with Crippen LogP contribution in [0.4, 0.5) is 9.59 Å². The maximum absolute atomic E-state index is 14.5. The number of imidazole rings is 1. The Morgan fingerprint density at radius 2 is 1.61 bits per heavy atom. The van der Waals surface area contributed by atoms with Gasteiger partial charge in [-0.25, -0.2) is 14.6 Å². The Kier molecular flexibility index (Phi) is 20.4. The van der Waals surface area contributed by atoms with Crippen LogP contribution in [0, 0.1) is 11.8 Å². The number of hydrogen-bond donors (Lipinski definition) is 4. The summed E-state index contributed by atoms with van der Waals surface area (Å²) in [6, 6.07) is 6.59. The second kappa shape index (κ2) is 24.3. The second-order valence-electron chi connectivity index (χ2n) is 15.5. The molecular formula is C41H67ClN8O5S. The molecule has 6 amide bonds. The van der Waals surface area contributed by atoms with Crippen molar-refractivity contribution in [1.82, 2.24) is 40.2 Å². The zero-order valence-corrected chi connectivity index (χ0v) is 35.8. The van der Waals surface area contributed by atoms with Crippen LogP contribution in [0.3, 0.4) is 0 Å². The maximum Gasteiger partial charge on any atom is 0.319 e. The highest BCUT2D eigenvalue weighted by Gasteiger charge is 2.36. The normalized spacial score (nSPS) is 16.9. The average molecular weight is 820 g/mol. The highest BCUT2D eigenvalue weighted by Crippen LogP contribution is 2.29. The lowest BCUT2D eigenvalue weighted by Crippen LogP contribution is -2.59. The van der Waals surface area contributed by atoms with Crippen LogP contribution >= 0.6 is 24.2 Å². The molecule has 2 aromatic rings. The molecule has 0 radical (unpaired) electrons. The number of urea groups is 2. The van der Waals surface area contributed by atoms with Crippen molar-refractivity contribution in [3.8, 4) is 0 Å². The van der Waals surface area contributed by atoms with E-state index in [1.807, 2.05) is 47.0 Å². The van der Waals surface area contributed by atoms with E-state index in [4.69, 9.17) is 0 Å². The summed E-state index contributed by atoms with van der Waals surface area (Å²) < 4.78 is 0. The number of hydrogen-bond acceptors (Lipinski definition) is 7. The molecule has 13 nitrogen and oxygen atoms in total. The molecule has 314 valence electrons. The summed E-state index contributed by atoms with van der Waals surface area (Å²) in [7, 11) is 4.99. The predicted molar refractivity (Wildman–Crippen MR) is 226 cm³/mol. The highest BCUT2D eigenvalue weighted by atomic mass is 35.5. The number of H-pyrrole nitrogens is 1. The summed E-state index contributed by atoms with van der Waals surface area (Å²) in [6.45, 7) is 6.29. The monoisotopic (exact) mass is 818 g/mol. The number of thioether (sulfide) groups is 1. The Labute approximate surface area is 344 Å². The molecule has 2 fully saturated rings. The van der Waals surface area contributed by atoms with Gasteiger partial charge in [-0.1, -0.05) is 89.1 Å². The van der Waals surface area contributed by atoms with Gasteiger partial charge in [-0.3, -0.25) is 9.59 Å². The van der Waals surface area contributed by atoms with Gasteiger partial charge >= 0.3 is 12.1 Å². The fraction of sp³-hybridized carbons (Fsp3) is 0.683. The van der Waals surface area contributed by atoms with Crippen molar-refractivity contribution in [2.45, 2.75) is 109 Å². The highest BCUT2D eigenvalue weighted by molar-refractivity contribution is 7.99. The fourth-order valence-corrected chi connectivity index (χ4v) is 8.62. The first-order valence-corrected chi connectivity index (χ1v) is 21.5. The Bertz CT molecular complexity index is 1460. The molecule has 1 saturated carbocycles. The minimum absolute atomic E-state index is 0. The molecule has 4 atom stereocenters. The van der Waals surface area contributed by atoms with Crippen LogP contribution in [0.25, 0.3) is 0 Å². The molecule has 1 aromatic carbocycles. The topological polar surface area (TPSA) is 154 Å². The number of nitrogens with zero attached hydrogens (tertiary/aromatic N) is 5. The van der Waals surface area contributed by atoms with Gasteiger partial charge < -0.3 is 40.3 Å². The predicted octanol–water partition coefficient (Wildman–Crippen LogP) is 5.20. The molecule has 1 aliphatic carbocycles. The van der Waals surface area contributed by atoms with Gasteiger partial charge in [-0.15, -0.1) is 12.4 Å². The van der Waals surface area contributed by atoms with E-state index < -0.39 is 36.2 Å². The van der Waals surface area contributed by atoms with E-state index in [2.05, 4.69) is 34.4 Å². The zero-order valence-electron chi connectivity index (χ0n) is 34.2. The summed E-state index contributed by atoms with van der Waals surface area (Å²) in [5.41, 5.74) is 1.54. The van der Waals surface area contributed by atoms with Crippen molar-refractivity contribution in [3.05, 3.63) is 54.1 Å². The van der Waals surface area contributed by atoms with Gasteiger partial charge in [-0.05, 0) is 30.2 Å². The van der Waals surface area contributed by atoms with Crippen molar-refractivity contribution in [2.24, 2.45) is 11.8 Å². The number of likely N-dealkylation sites (N-methyl/N-ethyl adjacent to an activating group) is 3. The molecule has 2 heterocycles. The van der Waals surface area contributed by atoms with Crippen LogP contribution < -0.4 is 10.6 Å². The third kappa shape index (κ3) is 14.5. The molecular weight excluding hydrogens is 752 g/mol. The van der Waals surface area contributed by atoms with Crippen LogP contribution in [-0.4, -0.2) is 142 Å². The van der Waals surface area contributed by atoms with Gasteiger partial charge in [0.1, 0.15) is 12.1 Å². The van der Waals surface area contributed by atoms with E-state index in [9.17, 15) is 24.3 Å². The lowest BCUT2D eigenvalue weighted by molar-refractivity contribution is -0.141. The van der Waals surface area contributed by atoms with Crippen molar-refractivity contribution in [2.75, 3.05) is 58.8 Å². The van der Waals surface area contributed by atoms with Crippen molar-refractivity contribution in [1.29, 1.82) is 0 Å². The van der Waals surface area contributed by atoms with Crippen molar-refractivity contribution >= 4 is 48.0 Å². The summed E-state index contributed by atoms with van der Waals surface area (Å²) in [4.78, 5) is 69.2. The zero-order chi connectivity index (χ0) is 39.7. The number of carbonyl (C=O) groups excluding carboxylic acids is 4. The number of amides is 6. The third-order valence-corrected chi connectivity index (χ3v) is 12.5. The van der Waals surface area contributed by atoms with Gasteiger partial charge in [0.15, 0.2) is 0 Å². The first-order valence-electron chi connectivity index (χ1n) is 20.4. The van der Waals surface area contributed by atoms with Crippen LogP contribution in [-0.2, 0) is 22.4 Å². The van der Waals surface area contributed by atoms with E-state index in [1.165, 1.54) is 16.2 Å². The Hall–Kier alpha value is -3.49. The van der Waals surface area contributed by atoms with Crippen molar-refractivity contribution < 1.29 is 24.3 Å². The summed E-state index contributed by atoms with van der Waals surface area (Å²) >= 11 is 1.84. The Balaban J connectivity index is 0.00000841. The Morgan fingerprint density at radius 1 is 0.946 bits per heavy atom. The molecule has 1 aliphatic heterocycles. The SMILES string of the molecule is CCC(CC)C[C@H](O)[C@H](CC1CCCCC1)NC(=O)[C@H](Cc1cnc[nH]1)N(C)C(=O)[C@H](Cc1ccccc1)NC(=O)N(C)CCN(C)C(=O)N1CCSCC1.Cl. The van der Waals surface area contributed by atoms with Gasteiger partial charge in [0, 0.05) is 83.6 Å². The number of benzene rings is 1. The number of aliphatic hydroxyl groups excluding tert-OH is 1. The Morgan fingerprint density at radius 3 is 2.23 bits per heavy atom. The molecule has 2 aliphatic rings. The second-order valence-corrected chi connectivity index (χ2v) is 16.7. The number of aliphatic hydroxyl groups is 1.